The second kappa shape index (κ2) is 7.20. The lowest BCUT2D eigenvalue weighted by atomic mass is 9.88. The maximum atomic E-state index is 9.30. The van der Waals surface area contributed by atoms with Crippen LogP contribution in [0, 0.1) is 11.3 Å². The van der Waals surface area contributed by atoms with E-state index >= 15 is 0 Å². The smallest absolute Gasteiger partial charge is 0.0618 e. The molecule has 0 bridgehead atoms. The molecule has 0 aromatic rings. The average Bonchev–Trinajstić information content (AvgIpc) is 2.23. The van der Waals surface area contributed by atoms with Crippen molar-refractivity contribution < 1.29 is 9.84 Å². The first-order chi connectivity index (χ1) is 6.99. The molecule has 0 radical (unpaired) electrons. The molecule has 92 valence electrons. The van der Waals surface area contributed by atoms with Crippen molar-refractivity contribution in [2.45, 2.75) is 40.2 Å². The second-order valence-corrected chi connectivity index (χ2v) is 5.01. The lowest BCUT2D eigenvalue weighted by molar-refractivity contribution is 0.107. The maximum Gasteiger partial charge on any atom is 0.0618 e. The van der Waals surface area contributed by atoms with Gasteiger partial charge in [0, 0.05) is 31.7 Å². The van der Waals surface area contributed by atoms with Crippen molar-refractivity contribution in [3.8, 4) is 0 Å². The zero-order valence-corrected chi connectivity index (χ0v) is 10.8. The number of ether oxygens (including phenoxy) is 1. The van der Waals surface area contributed by atoms with Gasteiger partial charge in [-0.15, -0.1) is 0 Å². The molecule has 0 aliphatic heterocycles. The molecule has 2 unspecified atom stereocenters. The summed E-state index contributed by atoms with van der Waals surface area (Å²) in [4.78, 5) is 0. The predicted molar refractivity (Wildman–Crippen MR) is 64.0 cm³/mol. The van der Waals surface area contributed by atoms with Gasteiger partial charge in [-0.1, -0.05) is 27.7 Å². The monoisotopic (exact) mass is 217 g/mol. The van der Waals surface area contributed by atoms with Gasteiger partial charge >= 0.3 is 0 Å². The minimum absolute atomic E-state index is 0.0130. The number of aliphatic hydroxyl groups is 1. The van der Waals surface area contributed by atoms with Gasteiger partial charge in [0.2, 0.25) is 0 Å². The average molecular weight is 217 g/mol. The van der Waals surface area contributed by atoms with E-state index in [0.717, 1.165) is 19.6 Å². The molecule has 0 saturated carbocycles. The first-order valence-corrected chi connectivity index (χ1v) is 5.82. The summed E-state index contributed by atoms with van der Waals surface area (Å²) in [6.45, 7) is 10.4. The van der Waals surface area contributed by atoms with Crippen LogP contribution < -0.4 is 5.32 Å². The Morgan fingerprint density at radius 2 is 2.00 bits per heavy atom. The Balaban J connectivity index is 4.07. The van der Waals surface area contributed by atoms with Crippen molar-refractivity contribution in [1.82, 2.24) is 5.32 Å². The Bertz CT molecular complexity index is 156. The molecule has 0 aromatic heterocycles. The third-order valence-corrected chi connectivity index (χ3v) is 3.18. The molecule has 3 heteroatoms. The normalized spacial score (nSPS) is 17.8. The molecule has 0 spiro atoms. The quantitative estimate of drug-likeness (QED) is 0.649. The predicted octanol–water partition coefficient (Wildman–Crippen LogP) is 1.66. The lowest BCUT2D eigenvalue weighted by Gasteiger charge is -2.30. The molecule has 0 rings (SSSR count). The van der Waals surface area contributed by atoms with Crippen LogP contribution >= 0.6 is 0 Å². The second-order valence-electron chi connectivity index (χ2n) is 5.01. The fourth-order valence-electron chi connectivity index (χ4n) is 1.34. The van der Waals surface area contributed by atoms with Crippen molar-refractivity contribution in [2.75, 3.05) is 26.9 Å². The minimum atomic E-state index is -0.0130. The van der Waals surface area contributed by atoms with Crippen molar-refractivity contribution in [3.63, 3.8) is 0 Å². The summed E-state index contributed by atoms with van der Waals surface area (Å²) in [7, 11) is 1.72. The molecular weight excluding hydrogens is 190 g/mol. The van der Waals surface area contributed by atoms with Crippen LogP contribution in [0.4, 0.5) is 0 Å². The van der Waals surface area contributed by atoms with Gasteiger partial charge in [0.05, 0.1) is 6.61 Å². The summed E-state index contributed by atoms with van der Waals surface area (Å²) < 4.78 is 5.17. The van der Waals surface area contributed by atoms with E-state index in [-0.39, 0.29) is 12.0 Å². The summed E-state index contributed by atoms with van der Waals surface area (Å²) in [5.74, 6) is 0.546. The molecule has 0 fully saturated rings. The highest BCUT2D eigenvalue weighted by Crippen LogP contribution is 2.19. The molecule has 15 heavy (non-hydrogen) atoms. The Labute approximate surface area is 94.2 Å². The third-order valence-electron chi connectivity index (χ3n) is 3.18. The van der Waals surface area contributed by atoms with Crippen LogP contribution in [0.2, 0.25) is 0 Å². The zero-order chi connectivity index (χ0) is 11.9. The molecule has 0 saturated heterocycles. The number of hydrogen-bond acceptors (Lipinski definition) is 3. The maximum absolute atomic E-state index is 9.30. The van der Waals surface area contributed by atoms with Gasteiger partial charge in [0.1, 0.15) is 0 Å². The standard InChI is InChI=1S/C12H27NO2/c1-6-12(4,9-14)8-13-11(7-15-5)10(2)3/h10-11,13-14H,6-9H2,1-5H3. The van der Waals surface area contributed by atoms with Gasteiger partial charge < -0.3 is 15.2 Å². The molecular formula is C12H27NO2. The number of rotatable bonds is 8. The van der Waals surface area contributed by atoms with E-state index in [0.29, 0.717) is 12.0 Å². The van der Waals surface area contributed by atoms with Crippen LogP contribution in [0.25, 0.3) is 0 Å². The molecule has 0 aliphatic carbocycles. The van der Waals surface area contributed by atoms with Crippen molar-refractivity contribution in [3.05, 3.63) is 0 Å². The van der Waals surface area contributed by atoms with Crippen molar-refractivity contribution in [1.29, 1.82) is 0 Å². The minimum Gasteiger partial charge on any atom is -0.396 e. The summed E-state index contributed by atoms with van der Waals surface area (Å²) in [6.07, 6.45) is 0.980. The Morgan fingerprint density at radius 3 is 2.33 bits per heavy atom. The first-order valence-electron chi connectivity index (χ1n) is 5.82. The number of methoxy groups -OCH3 is 1. The molecule has 0 aliphatic rings. The third kappa shape index (κ3) is 5.50. The van der Waals surface area contributed by atoms with Crippen molar-refractivity contribution >= 4 is 0 Å². The van der Waals surface area contributed by atoms with E-state index in [4.69, 9.17) is 4.74 Å². The zero-order valence-electron chi connectivity index (χ0n) is 10.8. The van der Waals surface area contributed by atoms with Crippen molar-refractivity contribution in [2.24, 2.45) is 11.3 Å². The molecule has 0 aromatic carbocycles. The van der Waals surface area contributed by atoms with Crippen LogP contribution in [0.5, 0.6) is 0 Å². The van der Waals surface area contributed by atoms with Crippen LogP contribution in [-0.2, 0) is 4.74 Å². The Hall–Kier alpha value is -0.120. The highest BCUT2D eigenvalue weighted by atomic mass is 16.5. The van der Waals surface area contributed by atoms with Crippen LogP contribution in [-0.4, -0.2) is 38.0 Å². The van der Waals surface area contributed by atoms with E-state index in [1.807, 2.05) is 0 Å². The van der Waals surface area contributed by atoms with E-state index in [1.165, 1.54) is 0 Å². The first kappa shape index (κ1) is 14.9. The summed E-state index contributed by atoms with van der Waals surface area (Å²) in [5, 5.41) is 12.8. The van der Waals surface area contributed by atoms with Gasteiger partial charge in [-0.05, 0) is 12.3 Å². The van der Waals surface area contributed by atoms with E-state index in [2.05, 4.69) is 33.0 Å². The van der Waals surface area contributed by atoms with Gasteiger partial charge in [0.25, 0.3) is 0 Å². The molecule has 3 nitrogen and oxygen atoms in total. The van der Waals surface area contributed by atoms with E-state index in [1.54, 1.807) is 7.11 Å². The van der Waals surface area contributed by atoms with Crippen LogP contribution in [0.1, 0.15) is 34.1 Å². The number of nitrogens with one attached hydrogen (secondary N) is 1. The number of aliphatic hydroxyl groups excluding tert-OH is 1. The highest BCUT2D eigenvalue weighted by molar-refractivity contribution is 4.78. The lowest BCUT2D eigenvalue weighted by Crippen LogP contribution is -2.44. The van der Waals surface area contributed by atoms with Gasteiger partial charge in [-0.2, -0.15) is 0 Å². The molecule has 0 amide bonds. The van der Waals surface area contributed by atoms with Gasteiger partial charge in [-0.3, -0.25) is 0 Å². The molecule has 2 atom stereocenters. The largest absolute Gasteiger partial charge is 0.396 e. The van der Waals surface area contributed by atoms with Crippen LogP contribution in [0.3, 0.4) is 0 Å². The number of hydrogen-bond donors (Lipinski definition) is 2. The van der Waals surface area contributed by atoms with Gasteiger partial charge in [-0.25, -0.2) is 0 Å². The summed E-state index contributed by atoms with van der Waals surface area (Å²) in [6, 6.07) is 0.368. The fourth-order valence-corrected chi connectivity index (χ4v) is 1.34. The van der Waals surface area contributed by atoms with Crippen LogP contribution in [0.15, 0.2) is 0 Å². The Morgan fingerprint density at radius 1 is 1.40 bits per heavy atom. The molecule has 0 heterocycles. The van der Waals surface area contributed by atoms with E-state index in [9.17, 15) is 5.11 Å². The summed E-state index contributed by atoms with van der Waals surface area (Å²) in [5.41, 5.74) is -0.0130. The summed E-state index contributed by atoms with van der Waals surface area (Å²) >= 11 is 0. The highest BCUT2D eigenvalue weighted by Gasteiger charge is 2.23. The van der Waals surface area contributed by atoms with Gasteiger partial charge in [0.15, 0.2) is 0 Å². The topological polar surface area (TPSA) is 41.5 Å². The molecule has 2 N–H and O–H groups in total. The Kier molecular flexibility index (Phi) is 7.14. The fraction of sp³-hybridized carbons (Fsp3) is 1.00. The SMILES string of the molecule is CCC(C)(CO)CNC(COC)C(C)C. The van der Waals surface area contributed by atoms with E-state index < -0.39 is 0 Å².